The molecule has 226 valence electrons. The van der Waals surface area contributed by atoms with E-state index in [-0.39, 0.29) is 11.8 Å². The van der Waals surface area contributed by atoms with Crippen LogP contribution in [0.1, 0.15) is 59.1 Å². The van der Waals surface area contributed by atoms with E-state index in [0.717, 1.165) is 46.3 Å². The molecule has 12 nitrogen and oxygen atoms in total. The molecule has 0 radical (unpaired) electrons. The van der Waals surface area contributed by atoms with Crippen molar-refractivity contribution in [2.75, 3.05) is 10.6 Å². The Bertz CT molecular complexity index is 1830. The average molecular weight is 593 g/mol. The number of aromatic nitrogens is 8. The summed E-state index contributed by atoms with van der Waals surface area (Å²) in [4.78, 5) is 35.9. The lowest BCUT2D eigenvalue weighted by Crippen LogP contribution is -2.20. The Labute approximate surface area is 254 Å². The Morgan fingerprint density at radius 1 is 0.659 bits per heavy atom. The summed E-state index contributed by atoms with van der Waals surface area (Å²) in [6, 6.07) is 19.3. The van der Waals surface area contributed by atoms with Crippen molar-refractivity contribution in [3.63, 3.8) is 0 Å². The second-order valence-corrected chi connectivity index (χ2v) is 10.7. The smallest absolute Gasteiger partial charge is 0.276 e. The molecular formula is C32H36N10O2. The van der Waals surface area contributed by atoms with E-state index < -0.39 is 0 Å². The number of nitrogens with zero attached hydrogens (tertiary/aromatic N) is 8. The van der Waals surface area contributed by atoms with Crippen LogP contribution in [0.2, 0.25) is 0 Å². The molecule has 4 aromatic heterocycles. The van der Waals surface area contributed by atoms with Gasteiger partial charge in [-0.15, -0.1) is 0 Å². The molecule has 0 saturated heterocycles. The summed E-state index contributed by atoms with van der Waals surface area (Å²) in [5.41, 5.74) is 6.12. The molecular weight excluding hydrogens is 556 g/mol. The van der Waals surface area contributed by atoms with Gasteiger partial charge < -0.3 is 9.13 Å². The molecule has 0 atom stereocenters. The second kappa shape index (κ2) is 12.2. The van der Waals surface area contributed by atoms with Crippen molar-refractivity contribution in [2.24, 2.45) is 0 Å². The number of imidazole rings is 2. The normalized spacial score (nSPS) is 11.5. The van der Waals surface area contributed by atoms with Crippen molar-refractivity contribution in [3.05, 3.63) is 83.4 Å². The number of carbonyl (C=O) groups excluding carboxylic acids is 2. The first kappa shape index (κ1) is 28.8. The summed E-state index contributed by atoms with van der Waals surface area (Å²) >= 11 is 0. The fourth-order valence-electron chi connectivity index (χ4n) is 5.60. The quantitative estimate of drug-likeness (QED) is 0.193. The largest absolute Gasteiger partial charge is 0.310 e. The maximum atomic E-state index is 13.2. The number of nitrogens with one attached hydrogen (secondary N) is 2. The van der Waals surface area contributed by atoms with Gasteiger partial charge in [0.1, 0.15) is 11.4 Å². The maximum absolute atomic E-state index is 13.2. The number of carbonyl (C=O) groups is 2. The van der Waals surface area contributed by atoms with E-state index in [4.69, 9.17) is 9.97 Å². The van der Waals surface area contributed by atoms with E-state index in [0.29, 0.717) is 49.5 Å². The van der Waals surface area contributed by atoms with Gasteiger partial charge in [0, 0.05) is 26.2 Å². The Kier molecular flexibility index (Phi) is 7.97. The van der Waals surface area contributed by atoms with Gasteiger partial charge in [-0.05, 0) is 76.9 Å². The highest BCUT2D eigenvalue weighted by Gasteiger charge is 2.20. The standard InChI is InChI=1S/C32H36N10O2/c1-5-41-27(19-21(3)37-41)29(43)35-31-33-23-13-7-9-15-25(23)39(31)17-11-12-18-40-26-16-10-8-14-24(26)34-32(40)36-30(44)28-20-22(4)38-42(28)6-2/h7-10,13-16,19-20H,5-6,11-12,17-18H2,1-4H3,(H,33,35,43)(H,34,36,44). The Morgan fingerprint density at radius 2 is 1.07 bits per heavy atom. The van der Waals surface area contributed by atoms with Crippen LogP contribution in [0, 0.1) is 13.8 Å². The molecule has 2 aromatic carbocycles. The average Bonchev–Trinajstić information content (AvgIpc) is 3.78. The number of hydrogen-bond donors (Lipinski definition) is 2. The minimum Gasteiger partial charge on any atom is -0.310 e. The molecule has 0 saturated carbocycles. The van der Waals surface area contributed by atoms with Crippen LogP contribution in [0.25, 0.3) is 22.1 Å². The van der Waals surface area contributed by atoms with Gasteiger partial charge in [-0.1, -0.05) is 24.3 Å². The summed E-state index contributed by atoms with van der Waals surface area (Å²) in [5, 5.41) is 14.9. The fraction of sp³-hybridized carbons (Fsp3) is 0.312. The first-order chi connectivity index (χ1) is 21.4. The third kappa shape index (κ3) is 5.58. The third-order valence-corrected chi connectivity index (χ3v) is 7.64. The van der Waals surface area contributed by atoms with Crippen molar-refractivity contribution in [1.29, 1.82) is 0 Å². The molecule has 6 rings (SSSR count). The maximum Gasteiger partial charge on any atom is 0.276 e. The minimum atomic E-state index is -0.242. The molecule has 0 aliphatic carbocycles. The van der Waals surface area contributed by atoms with Crippen molar-refractivity contribution in [2.45, 2.75) is 66.7 Å². The molecule has 6 aromatic rings. The molecule has 2 N–H and O–H groups in total. The first-order valence-corrected chi connectivity index (χ1v) is 15.0. The number of fused-ring (bicyclic) bond motifs is 2. The zero-order valence-electron chi connectivity index (χ0n) is 25.4. The lowest BCUT2D eigenvalue weighted by molar-refractivity contribution is 0.100. The summed E-state index contributed by atoms with van der Waals surface area (Å²) in [7, 11) is 0. The Morgan fingerprint density at radius 3 is 1.48 bits per heavy atom. The van der Waals surface area contributed by atoms with Gasteiger partial charge in [0.05, 0.1) is 33.5 Å². The molecule has 0 unspecified atom stereocenters. The molecule has 44 heavy (non-hydrogen) atoms. The number of para-hydroxylation sites is 4. The van der Waals surface area contributed by atoms with Crippen LogP contribution in [0.5, 0.6) is 0 Å². The van der Waals surface area contributed by atoms with Crippen molar-refractivity contribution >= 4 is 45.8 Å². The van der Waals surface area contributed by atoms with E-state index in [9.17, 15) is 9.59 Å². The number of unbranched alkanes of at least 4 members (excludes halogenated alkanes) is 1. The lowest BCUT2D eigenvalue weighted by Gasteiger charge is -2.13. The SMILES string of the molecule is CCn1nc(C)cc1C(=O)Nc1nc2ccccc2n1CCCCn1c(NC(=O)c2cc(C)nn2CC)nc2ccccc21. The molecule has 12 heteroatoms. The van der Waals surface area contributed by atoms with Crippen LogP contribution in [-0.2, 0) is 26.2 Å². The second-order valence-electron chi connectivity index (χ2n) is 10.7. The summed E-state index contributed by atoms with van der Waals surface area (Å²) < 4.78 is 7.49. The number of benzene rings is 2. The van der Waals surface area contributed by atoms with Crippen LogP contribution in [-0.4, -0.2) is 50.5 Å². The molecule has 0 fully saturated rings. The zero-order valence-corrected chi connectivity index (χ0v) is 25.4. The van der Waals surface area contributed by atoms with Crippen molar-refractivity contribution in [3.8, 4) is 0 Å². The van der Waals surface area contributed by atoms with Gasteiger partial charge in [-0.2, -0.15) is 10.2 Å². The molecule has 4 heterocycles. The zero-order chi connectivity index (χ0) is 30.8. The number of anilines is 2. The molecule has 0 aliphatic rings. The Balaban J connectivity index is 1.20. The Hall–Kier alpha value is -5.26. The van der Waals surface area contributed by atoms with Crippen molar-refractivity contribution in [1.82, 2.24) is 38.7 Å². The van der Waals surface area contributed by atoms with Gasteiger partial charge in [0.2, 0.25) is 11.9 Å². The van der Waals surface area contributed by atoms with Crippen LogP contribution in [0.4, 0.5) is 11.9 Å². The van der Waals surface area contributed by atoms with E-state index in [2.05, 4.69) is 30.0 Å². The number of hydrogen-bond acceptors (Lipinski definition) is 6. The van der Waals surface area contributed by atoms with E-state index in [1.165, 1.54) is 0 Å². The fourth-order valence-corrected chi connectivity index (χ4v) is 5.60. The number of aryl methyl sites for hydroxylation is 6. The highest BCUT2D eigenvalue weighted by molar-refractivity contribution is 6.03. The number of rotatable bonds is 11. The van der Waals surface area contributed by atoms with Gasteiger partial charge in [-0.25, -0.2) is 9.97 Å². The van der Waals surface area contributed by atoms with Crippen molar-refractivity contribution < 1.29 is 9.59 Å². The highest BCUT2D eigenvalue weighted by Crippen LogP contribution is 2.24. The number of amides is 2. The third-order valence-electron chi connectivity index (χ3n) is 7.64. The molecule has 0 bridgehead atoms. The van der Waals surface area contributed by atoms with Gasteiger partial charge in [0.15, 0.2) is 0 Å². The molecule has 0 spiro atoms. The summed E-state index contributed by atoms with van der Waals surface area (Å²) in [6.07, 6.45) is 1.60. The molecule has 0 aliphatic heterocycles. The van der Waals surface area contributed by atoms with E-state index >= 15 is 0 Å². The lowest BCUT2D eigenvalue weighted by atomic mass is 10.2. The van der Waals surface area contributed by atoms with E-state index in [1.54, 1.807) is 21.5 Å². The van der Waals surface area contributed by atoms with Crippen LogP contribution >= 0.6 is 0 Å². The van der Waals surface area contributed by atoms with Gasteiger partial charge >= 0.3 is 0 Å². The van der Waals surface area contributed by atoms with Gasteiger partial charge in [-0.3, -0.25) is 29.6 Å². The van der Waals surface area contributed by atoms with Gasteiger partial charge in [0.25, 0.3) is 11.8 Å². The summed E-state index contributed by atoms with van der Waals surface area (Å²) in [6.45, 7) is 10.1. The van der Waals surface area contributed by atoms with Crippen LogP contribution in [0.15, 0.2) is 60.7 Å². The van der Waals surface area contributed by atoms with E-state index in [1.807, 2.05) is 76.2 Å². The summed E-state index contributed by atoms with van der Waals surface area (Å²) in [5.74, 6) is 0.519. The molecule has 2 amide bonds. The predicted molar refractivity (Wildman–Crippen MR) is 170 cm³/mol. The van der Waals surface area contributed by atoms with Crippen LogP contribution in [0.3, 0.4) is 0 Å². The predicted octanol–water partition coefficient (Wildman–Crippen LogP) is 5.42. The first-order valence-electron chi connectivity index (χ1n) is 15.0. The highest BCUT2D eigenvalue weighted by atomic mass is 16.2. The minimum absolute atomic E-state index is 0.242. The van der Waals surface area contributed by atoms with Crippen LogP contribution < -0.4 is 10.6 Å². The topological polar surface area (TPSA) is 129 Å². The monoisotopic (exact) mass is 592 g/mol.